The van der Waals surface area contributed by atoms with E-state index < -0.39 is 0 Å². The molecule has 0 spiro atoms. The van der Waals surface area contributed by atoms with Crippen molar-refractivity contribution in [2.45, 2.75) is 52.0 Å². The fraction of sp³-hybridized carbons (Fsp3) is 0.600. The molecule has 18 heavy (non-hydrogen) atoms. The van der Waals surface area contributed by atoms with Gasteiger partial charge in [-0.2, -0.15) is 0 Å². The number of carbonyl (C=O) groups is 1. The molecule has 1 aliphatic heterocycles. The van der Waals surface area contributed by atoms with Crippen LogP contribution in [-0.4, -0.2) is 27.9 Å². The molecule has 0 aliphatic carbocycles. The minimum Gasteiger partial charge on any atom is -0.333 e. The summed E-state index contributed by atoms with van der Waals surface area (Å²) < 4.78 is 0. The molecule has 1 amide bonds. The van der Waals surface area contributed by atoms with Crippen LogP contribution < -0.4 is 0 Å². The minimum atomic E-state index is -0.0200. The number of hydrogen-bond donors (Lipinski definition) is 0. The minimum absolute atomic E-state index is 0.0200. The molecule has 0 N–H and O–H groups in total. The predicted molar refractivity (Wildman–Crippen MR) is 72.7 cm³/mol. The van der Waals surface area contributed by atoms with Gasteiger partial charge in [-0.1, -0.05) is 13.8 Å². The summed E-state index contributed by atoms with van der Waals surface area (Å²) in [4.78, 5) is 18.8. The first-order valence-electron chi connectivity index (χ1n) is 6.70. The van der Waals surface area contributed by atoms with Gasteiger partial charge in [-0.15, -0.1) is 0 Å². The van der Waals surface area contributed by atoms with Gasteiger partial charge in [-0.3, -0.25) is 9.78 Å². The van der Waals surface area contributed by atoms with Gasteiger partial charge in [0.05, 0.1) is 5.56 Å². The van der Waals surface area contributed by atoms with Gasteiger partial charge in [0.1, 0.15) is 0 Å². The summed E-state index contributed by atoms with van der Waals surface area (Å²) in [6, 6.07) is 3.86. The first-order valence-corrected chi connectivity index (χ1v) is 6.70. The number of nitrogens with zero attached hydrogens (tertiary/aromatic N) is 2. The molecule has 1 saturated heterocycles. The molecular weight excluding hydrogens is 224 g/mol. The van der Waals surface area contributed by atoms with Gasteiger partial charge in [0, 0.05) is 24.0 Å². The van der Waals surface area contributed by atoms with E-state index in [-0.39, 0.29) is 11.4 Å². The van der Waals surface area contributed by atoms with E-state index in [2.05, 4.69) is 32.7 Å². The monoisotopic (exact) mass is 246 g/mol. The van der Waals surface area contributed by atoms with E-state index in [1.54, 1.807) is 6.20 Å². The average Bonchev–Trinajstić information content (AvgIpc) is 2.68. The van der Waals surface area contributed by atoms with Crippen molar-refractivity contribution in [1.29, 1.82) is 0 Å². The van der Waals surface area contributed by atoms with E-state index >= 15 is 0 Å². The van der Waals surface area contributed by atoms with E-state index in [4.69, 9.17) is 0 Å². The van der Waals surface area contributed by atoms with Crippen molar-refractivity contribution in [2.24, 2.45) is 0 Å². The molecule has 1 fully saturated rings. The lowest BCUT2D eigenvalue weighted by Gasteiger charge is -2.31. The van der Waals surface area contributed by atoms with Crippen LogP contribution in [0, 0.1) is 0 Å². The second-order valence-electron chi connectivity index (χ2n) is 6.00. The quantitative estimate of drug-likeness (QED) is 0.802. The van der Waals surface area contributed by atoms with Crippen molar-refractivity contribution in [1.82, 2.24) is 9.88 Å². The second-order valence-corrected chi connectivity index (χ2v) is 6.00. The highest BCUT2D eigenvalue weighted by Gasteiger charge is 2.35. The highest BCUT2D eigenvalue weighted by molar-refractivity contribution is 5.94. The standard InChI is InChI=1S/C15H22N2O/c1-11(2)13-7-6-12(10-16-13)14(18)17-9-5-8-15(17,3)4/h6-7,10-11H,5,8-9H2,1-4H3. The van der Waals surface area contributed by atoms with Crippen molar-refractivity contribution in [3.05, 3.63) is 29.6 Å². The molecule has 98 valence electrons. The van der Waals surface area contributed by atoms with Gasteiger partial charge >= 0.3 is 0 Å². The highest BCUT2D eigenvalue weighted by Crippen LogP contribution is 2.29. The van der Waals surface area contributed by atoms with Crippen LogP contribution in [0.4, 0.5) is 0 Å². The van der Waals surface area contributed by atoms with Gasteiger partial charge in [-0.05, 0) is 44.7 Å². The van der Waals surface area contributed by atoms with E-state index in [0.29, 0.717) is 11.5 Å². The first kappa shape index (κ1) is 13.1. The molecular formula is C15H22N2O. The molecule has 3 nitrogen and oxygen atoms in total. The summed E-state index contributed by atoms with van der Waals surface area (Å²) in [5.74, 6) is 0.512. The third-order valence-corrected chi connectivity index (χ3v) is 3.77. The number of rotatable bonds is 2. The zero-order valence-corrected chi connectivity index (χ0v) is 11.7. The molecule has 2 rings (SSSR count). The lowest BCUT2D eigenvalue weighted by atomic mass is 10.0. The van der Waals surface area contributed by atoms with E-state index in [9.17, 15) is 4.79 Å². The Kier molecular flexibility index (Phi) is 3.42. The third kappa shape index (κ3) is 2.40. The lowest BCUT2D eigenvalue weighted by Crippen LogP contribution is -2.42. The van der Waals surface area contributed by atoms with Gasteiger partial charge in [-0.25, -0.2) is 0 Å². The van der Waals surface area contributed by atoms with Crippen molar-refractivity contribution >= 4 is 5.91 Å². The molecule has 2 heterocycles. The summed E-state index contributed by atoms with van der Waals surface area (Å²) >= 11 is 0. The Hall–Kier alpha value is -1.38. The summed E-state index contributed by atoms with van der Waals surface area (Å²) in [6.45, 7) is 9.33. The second kappa shape index (κ2) is 4.71. The van der Waals surface area contributed by atoms with Crippen LogP contribution in [0.3, 0.4) is 0 Å². The topological polar surface area (TPSA) is 33.2 Å². The van der Waals surface area contributed by atoms with Crippen LogP contribution in [0.5, 0.6) is 0 Å². The molecule has 1 aromatic heterocycles. The third-order valence-electron chi connectivity index (χ3n) is 3.77. The van der Waals surface area contributed by atoms with Gasteiger partial charge < -0.3 is 4.90 Å². The maximum absolute atomic E-state index is 12.4. The van der Waals surface area contributed by atoms with Crippen molar-refractivity contribution in [2.75, 3.05) is 6.54 Å². The lowest BCUT2D eigenvalue weighted by molar-refractivity contribution is 0.0651. The Balaban J connectivity index is 2.19. The Morgan fingerprint density at radius 1 is 1.39 bits per heavy atom. The van der Waals surface area contributed by atoms with Crippen LogP contribution in [0.15, 0.2) is 18.3 Å². The summed E-state index contributed by atoms with van der Waals surface area (Å²) in [6.07, 6.45) is 3.89. The largest absolute Gasteiger partial charge is 0.333 e. The summed E-state index contributed by atoms with van der Waals surface area (Å²) in [7, 11) is 0. The van der Waals surface area contributed by atoms with E-state index in [1.807, 2.05) is 17.0 Å². The van der Waals surface area contributed by atoms with Crippen LogP contribution in [0.2, 0.25) is 0 Å². The fourth-order valence-corrected chi connectivity index (χ4v) is 2.51. The van der Waals surface area contributed by atoms with E-state index in [0.717, 1.165) is 25.1 Å². The van der Waals surface area contributed by atoms with Crippen LogP contribution in [-0.2, 0) is 0 Å². The van der Waals surface area contributed by atoms with Gasteiger partial charge in [0.25, 0.3) is 5.91 Å². The van der Waals surface area contributed by atoms with Crippen LogP contribution in [0.1, 0.15) is 62.5 Å². The van der Waals surface area contributed by atoms with Crippen molar-refractivity contribution in [3.63, 3.8) is 0 Å². The summed E-state index contributed by atoms with van der Waals surface area (Å²) in [5.41, 5.74) is 1.72. The number of hydrogen-bond acceptors (Lipinski definition) is 2. The molecule has 3 heteroatoms. The zero-order valence-electron chi connectivity index (χ0n) is 11.7. The summed E-state index contributed by atoms with van der Waals surface area (Å²) in [5, 5.41) is 0. The number of amides is 1. The molecule has 0 aromatic carbocycles. The smallest absolute Gasteiger partial charge is 0.255 e. The van der Waals surface area contributed by atoms with Gasteiger partial charge in [0.15, 0.2) is 0 Å². The average molecular weight is 246 g/mol. The Morgan fingerprint density at radius 2 is 2.11 bits per heavy atom. The molecule has 0 radical (unpaired) electrons. The first-order chi connectivity index (χ1) is 8.42. The fourth-order valence-electron chi connectivity index (χ4n) is 2.51. The molecule has 1 aromatic rings. The number of pyridine rings is 1. The zero-order chi connectivity index (χ0) is 13.3. The number of carbonyl (C=O) groups excluding carboxylic acids is 1. The predicted octanol–water partition coefficient (Wildman–Crippen LogP) is 3.22. The maximum atomic E-state index is 12.4. The highest BCUT2D eigenvalue weighted by atomic mass is 16.2. The van der Waals surface area contributed by atoms with Gasteiger partial charge in [0.2, 0.25) is 0 Å². The van der Waals surface area contributed by atoms with Crippen LogP contribution >= 0.6 is 0 Å². The maximum Gasteiger partial charge on any atom is 0.255 e. The van der Waals surface area contributed by atoms with E-state index in [1.165, 1.54) is 0 Å². The molecule has 0 saturated carbocycles. The SMILES string of the molecule is CC(C)c1ccc(C(=O)N2CCCC2(C)C)cn1. The Bertz CT molecular complexity index is 434. The molecule has 0 atom stereocenters. The van der Waals surface area contributed by atoms with Crippen molar-refractivity contribution < 1.29 is 4.79 Å². The Morgan fingerprint density at radius 3 is 2.56 bits per heavy atom. The normalized spacial score (nSPS) is 18.4. The van der Waals surface area contributed by atoms with Crippen molar-refractivity contribution in [3.8, 4) is 0 Å². The molecule has 0 bridgehead atoms. The molecule has 1 aliphatic rings. The number of likely N-dealkylation sites (tertiary alicyclic amines) is 1. The Labute approximate surface area is 109 Å². The van der Waals surface area contributed by atoms with Crippen LogP contribution in [0.25, 0.3) is 0 Å². The number of aromatic nitrogens is 1. The molecule has 0 unspecified atom stereocenters.